The van der Waals surface area contributed by atoms with Crippen LogP contribution in [0.5, 0.6) is 0 Å². The number of hydrogen-bond donors (Lipinski definition) is 2. The maximum atomic E-state index is 11.9. The van der Waals surface area contributed by atoms with Gasteiger partial charge in [0, 0.05) is 17.8 Å². The molecule has 122 valence electrons. The first-order valence-electron chi connectivity index (χ1n) is 7.50. The lowest BCUT2D eigenvalue weighted by Gasteiger charge is -2.08. The van der Waals surface area contributed by atoms with E-state index in [0.29, 0.717) is 30.0 Å². The number of benzene rings is 2. The molecule has 2 aromatic rings. The molecule has 2 amide bonds. The summed E-state index contributed by atoms with van der Waals surface area (Å²) < 4.78 is 4.92. The van der Waals surface area contributed by atoms with Crippen LogP contribution in [0, 0.1) is 12.3 Å². The summed E-state index contributed by atoms with van der Waals surface area (Å²) in [7, 11) is 0. The second-order valence-corrected chi connectivity index (χ2v) is 4.95. The molecule has 0 aliphatic carbocycles. The number of carbonyl (C=O) groups excluding carboxylic acids is 2. The van der Waals surface area contributed by atoms with Gasteiger partial charge >= 0.3 is 12.0 Å². The lowest BCUT2D eigenvalue weighted by molar-refractivity contribution is 0.0526. The van der Waals surface area contributed by atoms with Crippen molar-refractivity contribution in [3.63, 3.8) is 0 Å². The van der Waals surface area contributed by atoms with E-state index >= 15 is 0 Å². The van der Waals surface area contributed by atoms with Gasteiger partial charge in [-0.1, -0.05) is 24.1 Å². The molecule has 2 aromatic carbocycles. The molecule has 2 N–H and O–H groups in total. The Morgan fingerprint density at radius 1 is 1.17 bits per heavy atom. The SMILES string of the molecule is C#Cc1cccc(NC(=O)NCc2ccc(C(=O)OCC)cc2)c1. The molecule has 0 atom stereocenters. The summed E-state index contributed by atoms with van der Waals surface area (Å²) in [5.74, 6) is 2.15. The molecule has 0 unspecified atom stereocenters. The Morgan fingerprint density at radius 2 is 1.92 bits per heavy atom. The van der Waals surface area contributed by atoms with Crippen LogP contribution in [-0.4, -0.2) is 18.6 Å². The van der Waals surface area contributed by atoms with Crippen LogP contribution in [0.1, 0.15) is 28.4 Å². The maximum absolute atomic E-state index is 11.9. The Labute approximate surface area is 141 Å². The van der Waals surface area contributed by atoms with E-state index in [4.69, 9.17) is 11.2 Å². The zero-order chi connectivity index (χ0) is 17.4. The number of amides is 2. The molecular formula is C19H18N2O3. The second kappa shape index (κ2) is 8.39. The number of terminal acetylenes is 1. The lowest BCUT2D eigenvalue weighted by Crippen LogP contribution is -2.28. The highest BCUT2D eigenvalue weighted by molar-refractivity contribution is 5.90. The van der Waals surface area contributed by atoms with Crippen LogP contribution in [0.25, 0.3) is 0 Å². The number of urea groups is 1. The summed E-state index contributed by atoms with van der Waals surface area (Å²) in [4.78, 5) is 23.5. The third-order valence-corrected chi connectivity index (χ3v) is 3.21. The highest BCUT2D eigenvalue weighted by Gasteiger charge is 2.06. The Balaban J connectivity index is 1.87. The number of rotatable bonds is 5. The number of nitrogens with one attached hydrogen (secondary N) is 2. The van der Waals surface area contributed by atoms with Crippen molar-refractivity contribution in [2.75, 3.05) is 11.9 Å². The Kier molecular flexibility index (Phi) is 5.98. The van der Waals surface area contributed by atoms with Gasteiger partial charge in [-0.15, -0.1) is 6.42 Å². The molecular weight excluding hydrogens is 304 g/mol. The molecule has 5 heteroatoms. The van der Waals surface area contributed by atoms with Crippen molar-refractivity contribution in [1.82, 2.24) is 5.32 Å². The molecule has 0 fully saturated rings. The fourth-order valence-electron chi connectivity index (χ4n) is 2.02. The van der Waals surface area contributed by atoms with E-state index < -0.39 is 0 Å². The highest BCUT2D eigenvalue weighted by Crippen LogP contribution is 2.10. The van der Waals surface area contributed by atoms with Crippen LogP contribution >= 0.6 is 0 Å². The van der Waals surface area contributed by atoms with Gasteiger partial charge in [-0.05, 0) is 42.8 Å². The van der Waals surface area contributed by atoms with E-state index in [9.17, 15) is 9.59 Å². The number of hydrogen-bond acceptors (Lipinski definition) is 3. The highest BCUT2D eigenvalue weighted by atomic mass is 16.5. The third kappa shape index (κ3) is 4.89. The predicted molar refractivity (Wildman–Crippen MR) is 92.6 cm³/mol. The average Bonchev–Trinajstić information content (AvgIpc) is 2.61. The van der Waals surface area contributed by atoms with E-state index in [-0.39, 0.29) is 12.0 Å². The molecule has 5 nitrogen and oxygen atoms in total. The first-order chi connectivity index (χ1) is 11.6. The topological polar surface area (TPSA) is 67.4 Å². The number of anilines is 1. The minimum absolute atomic E-state index is 0.335. The normalized spacial score (nSPS) is 9.67. The van der Waals surface area contributed by atoms with Gasteiger partial charge < -0.3 is 15.4 Å². The summed E-state index contributed by atoms with van der Waals surface area (Å²) in [5.41, 5.74) is 2.68. The molecule has 0 saturated carbocycles. The first kappa shape index (κ1) is 17.1. The van der Waals surface area contributed by atoms with Gasteiger partial charge in [-0.3, -0.25) is 0 Å². The standard InChI is InChI=1S/C19H18N2O3/c1-3-14-6-5-7-17(12-14)21-19(23)20-13-15-8-10-16(11-9-15)18(22)24-4-2/h1,5-12H,4,13H2,2H3,(H2,20,21,23). The van der Waals surface area contributed by atoms with E-state index in [1.807, 2.05) is 0 Å². The summed E-state index contributed by atoms with van der Waals surface area (Å²) >= 11 is 0. The largest absolute Gasteiger partial charge is 0.462 e. The number of carbonyl (C=O) groups is 2. The van der Waals surface area contributed by atoms with Crippen molar-refractivity contribution in [2.45, 2.75) is 13.5 Å². The van der Waals surface area contributed by atoms with Gasteiger partial charge in [0.25, 0.3) is 0 Å². The zero-order valence-corrected chi connectivity index (χ0v) is 13.3. The summed E-state index contributed by atoms with van der Waals surface area (Å²) in [6.45, 7) is 2.43. The van der Waals surface area contributed by atoms with Crippen LogP contribution in [0.3, 0.4) is 0 Å². The molecule has 0 radical (unpaired) electrons. The molecule has 0 bridgehead atoms. The first-order valence-corrected chi connectivity index (χ1v) is 7.50. The van der Waals surface area contributed by atoms with E-state index in [1.165, 1.54) is 0 Å². The fraction of sp³-hybridized carbons (Fsp3) is 0.158. The van der Waals surface area contributed by atoms with Crippen LogP contribution in [0.15, 0.2) is 48.5 Å². The van der Waals surface area contributed by atoms with Crippen LogP contribution in [0.2, 0.25) is 0 Å². The molecule has 0 aliphatic heterocycles. The molecule has 0 aromatic heterocycles. The van der Waals surface area contributed by atoms with Crippen LogP contribution in [-0.2, 0) is 11.3 Å². The lowest BCUT2D eigenvalue weighted by atomic mass is 10.1. The van der Waals surface area contributed by atoms with Crippen molar-refractivity contribution < 1.29 is 14.3 Å². The molecule has 2 rings (SSSR count). The summed E-state index contributed by atoms with van der Waals surface area (Å²) in [6.07, 6.45) is 5.33. The van der Waals surface area contributed by atoms with Crippen molar-refractivity contribution >= 4 is 17.7 Å². The van der Waals surface area contributed by atoms with Gasteiger partial charge in [-0.25, -0.2) is 9.59 Å². The van der Waals surface area contributed by atoms with Gasteiger partial charge in [0.2, 0.25) is 0 Å². The number of esters is 1. The Morgan fingerprint density at radius 3 is 2.58 bits per heavy atom. The van der Waals surface area contributed by atoms with E-state index in [2.05, 4.69) is 16.6 Å². The fourth-order valence-corrected chi connectivity index (χ4v) is 2.02. The molecule has 0 aliphatic rings. The van der Waals surface area contributed by atoms with Crippen LogP contribution in [0.4, 0.5) is 10.5 Å². The maximum Gasteiger partial charge on any atom is 0.338 e. The Hall–Kier alpha value is -3.26. The van der Waals surface area contributed by atoms with Gasteiger partial charge in [0.1, 0.15) is 0 Å². The Bertz CT molecular complexity index is 761. The third-order valence-electron chi connectivity index (χ3n) is 3.21. The number of ether oxygens (including phenoxy) is 1. The minimum atomic E-state index is -0.358. The van der Waals surface area contributed by atoms with Gasteiger partial charge in [0.15, 0.2) is 0 Å². The van der Waals surface area contributed by atoms with E-state index in [1.54, 1.807) is 55.5 Å². The van der Waals surface area contributed by atoms with Crippen molar-refractivity contribution in [2.24, 2.45) is 0 Å². The summed E-state index contributed by atoms with van der Waals surface area (Å²) in [6, 6.07) is 13.6. The second-order valence-electron chi connectivity index (χ2n) is 4.95. The van der Waals surface area contributed by atoms with Crippen molar-refractivity contribution in [3.8, 4) is 12.3 Å². The average molecular weight is 322 g/mol. The summed E-state index contributed by atoms with van der Waals surface area (Å²) in [5, 5.41) is 5.45. The quantitative estimate of drug-likeness (QED) is 0.656. The molecule has 0 saturated heterocycles. The van der Waals surface area contributed by atoms with Crippen molar-refractivity contribution in [3.05, 3.63) is 65.2 Å². The molecule has 0 spiro atoms. The van der Waals surface area contributed by atoms with Gasteiger partial charge in [0.05, 0.1) is 12.2 Å². The smallest absolute Gasteiger partial charge is 0.338 e. The van der Waals surface area contributed by atoms with E-state index in [0.717, 1.165) is 5.56 Å². The van der Waals surface area contributed by atoms with Crippen molar-refractivity contribution in [1.29, 1.82) is 0 Å². The zero-order valence-electron chi connectivity index (χ0n) is 13.3. The monoisotopic (exact) mass is 322 g/mol. The predicted octanol–water partition coefficient (Wildman–Crippen LogP) is 3.17. The molecule has 24 heavy (non-hydrogen) atoms. The van der Waals surface area contributed by atoms with Crippen LogP contribution < -0.4 is 10.6 Å². The van der Waals surface area contributed by atoms with Gasteiger partial charge in [-0.2, -0.15) is 0 Å². The minimum Gasteiger partial charge on any atom is -0.462 e. The molecule has 0 heterocycles.